The van der Waals surface area contributed by atoms with Crippen LogP contribution in [0.5, 0.6) is 0 Å². The molecule has 0 aliphatic heterocycles. The fourth-order valence-corrected chi connectivity index (χ4v) is 5.22. The van der Waals surface area contributed by atoms with Crippen LogP contribution in [0.2, 0.25) is 0 Å². The lowest BCUT2D eigenvalue weighted by atomic mass is 9.83. The SMILES string of the molecule is CCCCc1nc2c(NC(C)C)nc3ccccc3c2n1Cc1ccc(CNCCC2CCC2)cc1. The van der Waals surface area contributed by atoms with Crippen molar-refractivity contribution in [1.82, 2.24) is 19.9 Å². The Morgan fingerprint density at radius 2 is 1.78 bits per heavy atom. The Morgan fingerprint density at radius 1 is 1.00 bits per heavy atom. The van der Waals surface area contributed by atoms with Gasteiger partial charge in [0, 0.05) is 30.9 Å². The second-order valence-corrected chi connectivity index (χ2v) is 10.8. The van der Waals surface area contributed by atoms with Gasteiger partial charge in [-0.05, 0) is 56.3 Å². The smallest absolute Gasteiger partial charge is 0.155 e. The van der Waals surface area contributed by atoms with E-state index in [1.54, 1.807) is 0 Å². The average molecular weight is 484 g/mol. The van der Waals surface area contributed by atoms with Gasteiger partial charge in [0.05, 0.1) is 11.0 Å². The monoisotopic (exact) mass is 483 g/mol. The highest BCUT2D eigenvalue weighted by molar-refractivity contribution is 6.07. The lowest BCUT2D eigenvalue weighted by Gasteiger charge is -2.25. The molecule has 0 amide bonds. The molecule has 2 aromatic carbocycles. The van der Waals surface area contributed by atoms with Crippen LogP contribution in [0.4, 0.5) is 5.82 Å². The standard InChI is InChI=1S/C31H41N5/c1-4-5-13-28-35-29-30(26-11-6-7-12-27(26)34-31(29)33-22(2)3)36(28)21-25-16-14-24(15-17-25)20-32-19-18-23-9-8-10-23/h6-7,11-12,14-17,22-23,32H,4-5,8-10,13,18-21H2,1-3H3,(H,33,34). The van der Waals surface area contributed by atoms with Crippen molar-refractivity contribution < 1.29 is 0 Å². The van der Waals surface area contributed by atoms with Crippen LogP contribution in [-0.2, 0) is 19.5 Å². The number of nitrogens with zero attached hydrogens (tertiary/aromatic N) is 3. The Morgan fingerprint density at radius 3 is 2.50 bits per heavy atom. The number of aryl methyl sites for hydroxylation is 1. The van der Waals surface area contributed by atoms with Gasteiger partial charge in [0.2, 0.25) is 0 Å². The van der Waals surface area contributed by atoms with Gasteiger partial charge < -0.3 is 15.2 Å². The summed E-state index contributed by atoms with van der Waals surface area (Å²) in [7, 11) is 0. The Labute approximate surface area is 215 Å². The highest BCUT2D eigenvalue weighted by Gasteiger charge is 2.19. The summed E-state index contributed by atoms with van der Waals surface area (Å²) in [4.78, 5) is 10.1. The first-order chi connectivity index (χ1) is 17.6. The summed E-state index contributed by atoms with van der Waals surface area (Å²) in [6.07, 6.45) is 8.88. The molecule has 5 heteroatoms. The Balaban J connectivity index is 1.43. The van der Waals surface area contributed by atoms with Crippen LogP contribution in [0.15, 0.2) is 48.5 Å². The zero-order chi connectivity index (χ0) is 24.9. The molecule has 190 valence electrons. The number of unbranched alkanes of at least 4 members (excludes halogenated alkanes) is 1. The van der Waals surface area contributed by atoms with Gasteiger partial charge in [0.15, 0.2) is 5.82 Å². The van der Waals surface area contributed by atoms with E-state index in [9.17, 15) is 0 Å². The molecule has 36 heavy (non-hydrogen) atoms. The fraction of sp³-hybridized carbons (Fsp3) is 0.484. The predicted molar refractivity (Wildman–Crippen MR) is 152 cm³/mol. The number of aromatic nitrogens is 3. The number of fused-ring (bicyclic) bond motifs is 3. The van der Waals surface area contributed by atoms with E-state index >= 15 is 0 Å². The molecule has 1 aliphatic rings. The van der Waals surface area contributed by atoms with E-state index in [0.29, 0.717) is 6.04 Å². The number of pyridine rings is 1. The molecule has 5 nitrogen and oxygen atoms in total. The summed E-state index contributed by atoms with van der Waals surface area (Å²) in [5.74, 6) is 3.01. The third-order valence-corrected chi connectivity index (χ3v) is 7.49. The van der Waals surface area contributed by atoms with E-state index in [1.165, 1.54) is 47.7 Å². The summed E-state index contributed by atoms with van der Waals surface area (Å²) in [6.45, 7) is 9.45. The second-order valence-electron chi connectivity index (χ2n) is 10.8. The van der Waals surface area contributed by atoms with E-state index < -0.39 is 0 Å². The molecule has 4 aromatic rings. The van der Waals surface area contributed by atoms with Crippen LogP contribution in [0.1, 0.15) is 76.2 Å². The lowest BCUT2D eigenvalue weighted by molar-refractivity contribution is 0.292. The Hall–Kier alpha value is -2.92. The zero-order valence-corrected chi connectivity index (χ0v) is 22.2. The molecule has 1 saturated carbocycles. The third kappa shape index (κ3) is 5.57. The molecule has 1 aliphatic carbocycles. The summed E-state index contributed by atoms with van der Waals surface area (Å²) in [5.41, 5.74) is 5.86. The maximum atomic E-state index is 5.17. The van der Waals surface area contributed by atoms with Crippen molar-refractivity contribution in [2.75, 3.05) is 11.9 Å². The van der Waals surface area contributed by atoms with Gasteiger partial charge in [-0.2, -0.15) is 0 Å². The molecule has 0 saturated heterocycles. The maximum Gasteiger partial charge on any atom is 0.155 e. The van der Waals surface area contributed by atoms with Crippen molar-refractivity contribution in [1.29, 1.82) is 0 Å². The van der Waals surface area contributed by atoms with E-state index in [2.05, 4.69) is 84.5 Å². The molecule has 0 atom stereocenters. The molecule has 0 bridgehead atoms. The summed E-state index contributed by atoms with van der Waals surface area (Å²) in [5, 5.41) is 8.36. The van der Waals surface area contributed by atoms with Crippen LogP contribution < -0.4 is 10.6 Å². The van der Waals surface area contributed by atoms with E-state index in [-0.39, 0.29) is 0 Å². The number of rotatable bonds is 12. The quantitative estimate of drug-likeness (QED) is 0.212. The van der Waals surface area contributed by atoms with Crippen molar-refractivity contribution in [2.24, 2.45) is 5.92 Å². The average Bonchev–Trinajstić information content (AvgIpc) is 3.21. The number of hydrogen-bond acceptors (Lipinski definition) is 4. The number of benzene rings is 2. The molecule has 0 radical (unpaired) electrons. The number of hydrogen-bond donors (Lipinski definition) is 2. The Kier molecular flexibility index (Phi) is 7.86. The van der Waals surface area contributed by atoms with E-state index in [0.717, 1.165) is 67.5 Å². The highest BCUT2D eigenvalue weighted by atomic mass is 15.1. The number of imidazole rings is 1. The minimum absolute atomic E-state index is 0.293. The first kappa shape index (κ1) is 24.8. The molecule has 0 unspecified atom stereocenters. The number of anilines is 1. The molecule has 2 N–H and O–H groups in total. The van der Waals surface area contributed by atoms with Gasteiger partial charge in [-0.1, -0.05) is 75.1 Å². The molecule has 2 heterocycles. The molecular weight excluding hydrogens is 442 g/mol. The van der Waals surface area contributed by atoms with Crippen LogP contribution in [-0.4, -0.2) is 27.1 Å². The molecular formula is C31H41N5. The maximum absolute atomic E-state index is 5.17. The summed E-state index contributed by atoms with van der Waals surface area (Å²) in [6, 6.07) is 17.9. The minimum Gasteiger partial charge on any atom is -0.366 e. The van der Waals surface area contributed by atoms with Crippen molar-refractivity contribution in [3.05, 3.63) is 65.5 Å². The summed E-state index contributed by atoms with van der Waals surface area (Å²) >= 11 is 0. The first-order valence-electron chi connectivity index (χ1n) is 13.9. The second kappa shape index (κ2) is 11.4. The van der Waals surface area contributed by atoms with Crippen LogP contribution >= 0.6 is 0 Å². The van der Waals surface area contributed by atoms with Gasteiger partial charge in [-0.25, -0.2) is 9.97 Å². The first-order valence-corrected chi connectivity index (χ1v) is 13.9. The van der Waals surface area contributed by atoms with Crippen molar-refractivity contribution in [2.45, 2.75) is 84.8 Å². The molecule has 5 rings (SSSR count). The van der Waals surface area contributed by atoms with E-state index in [4.69, 9.17) is 9.97 Å². The largest absolute Gasteiger partial charge is 0.366 e. The van der Waals surface area contributed by atoms with Gasteiger partial charge in [-0.3, -0.25) is 0 Å². The number of nitrogens with one attached hydrogen (secondary N) is 2. The molecule has 0 spiro atoms. The normalized spacial score (nSPS) is 14.1. The van der Waals surface area contributed by atoms with Gasteiger partial charge in [0.25, 0.3) is 0 Å². The van der Waals surface area contributed by atoms with Crippen LogP contribution in [0.3, 0.4) is 0 Å². The summed E-state index contributed by atoms with van der Waals surface area (Å²) < 4.78 is 2.44. The fourth-order valence-electron chi connectivity index (χ4n) is 5.22. The number of para-hydroxylation sites is 1. The van der Waals surface area contributed by atoms with Gasteiger partial charge in [-0.15, -0.1) is 0 Å². The molecule has 1 fully saturated rings. The van der Waals surface area contributed by atoms with Crippen molar-refractivity contribution in [3.63, 3.8) is 0 Å². The lowest BCUT2D eigenvalue weighted by Crippen LogP contribution is -2.21. The van der Waals surface area contributed by atoms with Crippen molar-refractivity contribution in [3.8, 4) is 0 Å². The van der Waals surface area contributed by atoms with Gasteiger partial charge >= 0.3 is 0 Å². The minimum atomic E-state index is 0.293. The third-order valence-electron chi connectivity index (χ3n) is 7.49. The molecule has 2 aromatic heterocycles. The highest BCUT2D eigenvalue weighted by Crippen LogP contribution is 2.32. The van der Waals surface area contributed by atoms with Crippen LogP contribution in [0.25, 0.3) is 21.9 Å². The van der Waals surface area contributed by atoms with Crippen LogP contribution in [0, 0.1) is 5.92 Å². The van der Waals surface area contributed by atoms with Gasteiger partial charge in [0.1, 0.15) is 11.3 Å². The predicted octanol–water partition coefficient (Wildman–Crippen LogP) is 7.08. The van der Waals surface area contributed by atoms with Crippen molar-refractivity contribution >= 4 is 27.8 Å². The Bertz CT molecular complexity index is 1280. The van der Waals surface area contributed by atoms with E-state index in [1.807, 2.05) is 0 Å². The topological polar surface area (TPSA) is 54.8 Å². The zero-order valence-electron chi connectivity index (χ0n) is 22.2.